The largest absolute Gasteiger partial charge is 0.416 e. The Morgan fingerprint density at radius 2 is 1.86 bits per heavy atom. The molecule has 2 fully saturated rings. The van der Waals surface area contributed by atoms with Gasteiger partial charge < -0.3 is 4.74 Å². The number of alkyl halides is 4. The molecular formula is C16H18ClF3O. The normalized spacial score (nSPS) is 29.8. The summed E-state index contributed by atoms with van der Waals surface area (Å²) in [5.74, 6) is 1.08. The summed E-state index contributed by atoms with van der Waals surface area (Å²) in [5.41, 5.74) is 0.176. The number of benzene rings is 1. The van der Waals surface area contributed by atoms with Gasteiger partial charge in [-0.1, -0.05) is 12.1 Å². The topological polar surface area (TPSA) is 9.23 Å². The van der Waals surface area contributed by atoms with E-state index in [-0.39, 0.29) is 11.5 Å². The lowest BCUT2D eigenvalue weighted by molar-refractivity contribution is -0.137. The maximum absolute atomic E-state index is 12.6. The minimum Gasteiger partial charge on any atom is -0.377 e. The van der Waals surface area contributed by atoms with Crippen molar-refractivity contribution >= 4 is 11.6 Å². The number of halogens is 4. The zero-order valence-corrected chi connectivity index (χ0v) is 12.4. The Bertz CT molecular complexity index is 495. The summed E-state index contributed by atoms with van der Waals surface area (Å²) in [5, 5.41) is 0. The average Bonchev–Trinajstić information content (AvgIpc) is 3.20. The molecule has 0 spiro atoms. The lowest BCUT2D eigenvalue weighted by Crippen LogP contribution is -2.36. The summed E-state index contributed by atoms with van der Waals surface area (Å²) in [6, 6.07) is 5.44. The predicted octanol–water partition coefficient (Wildman–Crippen LogP) is 4.67. The van der Waals surface area contributed by atoms with Gasteiger partial charge in [0.05, 0.1) is 11.7 Å². The summed E-state index contributed by atoms with van der Waals surface area (Å²) >= 11 is 6.22. The maximum Gasteiger partial charge on any atom is 0.416 e. The molecule has 1 aromatic rings. The first-order chi connectivity index (χ1) is 9.94. The molecule has 0 aromatic heterocycles. The van der Waals surface area contributed by atoms with Crippen LogP contribution in [-0.4, -0.2) is 18.6 Å². The van der Waals surface area contributed by atoms with Gasteiger partial charge in [-0.2, -0.15) is 13.2 Å². The molecule has 1 aliphatic carbocycles. The van der Waals surface area contributed by atoms with Crippen molar-refractivity contribution in [3.05, 3.63) is 35.4 Å². The van der Waals surface area contributed by atoms with Crippen LogP contribution in [0.2, 0.25) is 0 Å². The van der Waals surface area contributed by atoms with Crippen LogP contribution in [0.15, 0.2) is 24.3 Å². The van der Waals surface area contributed by atoms with Crippen molar-refractivity contribution in [2.75, 3.05) is 12.5 Å². The number of rotatable bonds is 4. The molecule has 2 unspecified atom stereocenters. The molecular weight excluding hydrogens is 301 g/mol. The molecule has 0 amide bonds. The van der Waals surface area contributed by atoms with Crippen LogP contribution in [0, 0.1) is 11.3 Å². The summed E-state index contributed by atoms with van der Waals surface area (Å²) in [6.45, 7) is 0.703. The molecule has 21 heavy (non-hydrogen) atoms. The highest BCUT2D eigenvalue weighted by atomic mass is 35.5. The molecule has 0 bridgehead atoms. The van der Waals surface area contributed by atoms with Gasteiger partial charge in [-0.15, -0.1) is 11.6 Å². The third-order valence-electron chi connectivity index (χ3n) is 4.65. The first-order valence-corrected chi connectivity index (χ1v) is 7.82. The minimum absolute atomic E-state index is 0.123. The van der Waals surface area contributed by atoms with Crippen molar-refractivity contribution in [1.29, 1.82) is 0 Å². The maximum atomic E-state index is 12.6. The van der Waals surface area contributed by atoms with Gasteiger partial charge in [0.1, 0.15) is 0 Å². The van der Waals surface area contributed by atoms with Crippen molar-refractivity contribution < 1.29 is 17.9 Å². The molecule has 2 aliphatic rings. The highest BCUT2D eigenvalue weighted by Crippen LogP contribution is 2.50. The fourth-order valence-corrected chi connectivity index (χ4v) is 3.72. The number of hydrogen-bond donors (Lipinski definition) is 0. The van der Waals surface area contributed by atoms with E-state index in [1.54, 1.807) is 12.1 Å². The van der Waals surface area contributed by atoms with Crippen molar-refractivity contribution in [1.82, 2.24) is 0 Å². The van der Waals surface area contributed by atoms with Crippen molar-refractivity contribution in [3.63, 3.8) is 0 Å². The van der Waals surface area contributed by atoms with E-state index in [0.717, 1.165) is 24.1 Å². The summed E-state index contributed by atoms with van der Waals surface area (Å²) in [7, 11) is 0. The van der Waals surface area contributed by atoms with E-state index in [4.69, 9.17) is 16.3 Å². The SMILES string of the molecule is FC(F)(F)c1ccc(CC2(CCl)CCOC2C2CC2)cc1. The van der Waals surface area contributed by atoms with Gasteiger partial charge in [-0.3, -0.25) is 0 Å². The smallest absolute Gasteiger partial charge is 0.377 e. The van der Waals surface area contributed by atoms with Gasteiger partial charge in [0, 0.05) is 17.9 Å². The second-order valence-corrected chi connectivity index (χ2v) is 6.51. The van der Waals surface area contributed by atoms with Crippen molar-refractivity contribution in [2.45, 2.75) is 38.0 Å². The molecule has 1 aromatic carbocycles. The zero-order chi connectivity index (χ0) is 15.1. The second kappa shape index (κ2) is 5.47. The van der Waals surface area contributed by atoms with Crippen LogP contribution in [0.5, 0.6) is 0 Å². The second-order valence-electron chi connectivity index (χ2n) is 6.25. The van der Waals surface area contributed by atoms with E-state index in [9.17, 15) is 13.2 Å². The molecule has 0 N–H and O–H groups in total. The van der Waals surface area contributed by atoms with Gasteiger partial charge >= 0.3 is 6.18 Å². The Morgan fingerprint density at radius 1 is 1.19 bits per heavy atom. The van der Waals surface area contributed by atoms with Crippen LogP contribution in [0.3, 0.4) is 0 Å². The van der Waals surface area contributed by atoms with E-state index < -0.39 is 11.7 Å². The van der Waals surface area contributed by atoms with Crippen LogP contribution in [0.4, 0.5) is 13.2 Å². The molecule has 0 radical (unpaired) electrons. The van der Waals surface area contributed by atoms with Gasteiger partial charge in [-0.25, -0.2) is 0 Å². The van der Waals surface area contributed by atoms with Crippen molar-refractivity contribution in [3.8, 4) is 0 Å². The Morgan fingerprint density at radius 3 is 2.38 bits per heavy atom. The fraction of sp³-hybridized carbons (Fsp3) is 0.625. The van der Waals surface area contributed by atoms with Crippen LogP contribution >= 0.6 is 11.6 Å². The molecule has 1 saturated carbocycles. The third kappa shape index (κ3) is 3.07. The van der Waals surface area contributed by atoms with Crippen molar-refractivity contribution in [2.24, 2.45) is 11.3 Å². The Hall–Kier alpha value is -0.740. The zero-order valence-electron chi connectivity index (χ0n) is 11.6. The first kappa shape index (κ1) is 15.2. The van der Waals surface area contributed by atoms with E-state index in [2.05, 4.69) is 0 Å². The van der Waals surface area contributed by atoms with Crippen LogP contribution in [-0.2, 0) is 17.3 Å². The molecule has 3 rings (SSSR count). The van der Waals surface area contributed by atoms with E-state index in [0.29, 0.717) is 24.8 Å². The minimum atomic E-state index is -4.28. The molecule has 1 saturated heterocycles. The van der Waals surface area contributed by atoms with Gasteiger partial charge in [0.2, 0.25) is 0 Å². The monoisotopic (exact) mass is 318 g/mol. The van der Waals surface area contributed by atoms with Crippen LogP contribution < -0.4 is 0 Å². The van der Waals surface area contributed by atoms with E-state index in [1.807, 2.05) is 0 Å². The Kier molecular flexibility index (Phi) is 3.95. The summed E-state index contributed by atoms with van der Waals surface area (Å²) in [6.07, 6.45) is -0.186. The molecule has 116 valence electrons. The predicted molar refractivity (Wildman–Crippen MR) is 75.4 cm³/mol. The number of ether oxygens (including phenoxy) is 1. The molecule has 2 atom stereocenters. The molecule has 1 heterocycles. The quantitative estimate of drug-likeness (QED) is 0.733. The average molecular weight is 319 g/mol. The van der Waals surface area contributed by atoms with Gasteiger partial charge in [0.15, 0.2) is 0 Å². The molecule has 1 nitrogen and oxygen atoms in total. The van der Waals surface area contributed by atoms with E-state index >= 15 is 0 Å². The third-order valence-corrected chi connectivity index (χ3v) is 5.19. The lowest BCUT2D eigenvalue weighted by atomic mass is 9.75. The van der Waals surface area contributed by atoms with Crippen LogP contribution in [0.1, 0.15) is 30.4 Å². The van der Waals surface area contributed by atoms with Gasteiger partial charge in [0.25, 0.3) is 0 Å². The molecule has 5 heteroatoms. The molecule has 1 aliphatic heterocycles. The fourth-order valence-electron chi connectivity index (χ4n) is 3.34. The highest BCUT2D eigenvalue weighted by Gasteiger charge is 2.50. The highest BCUT2D eigenvalue weighted by molar-refractivity contribution is 6.18. The van der Waals surface area contributed by atoms with E-state index in [1.165, 1.54) is 12.8 Å². The summed E-state index contributed by atoms with van der Waals surface area (Å²) in [4.78, 5) is 0. The first-order valence-electron chi connectivity index (χ1n) is 7.28. The lowest BCUT2D eigenvalue weighted by Gasteiger charge is -2.32. The van der Waals surface area contributed by atoms with Crippen LogP contribution in [0.25, 0.3) is 0 Å². The Balaban J connectivity index is 1.77. The number of hydrogen-bond acceptors (Lipinski definition) is 1. The Labute approximate surface area is 127 Å². The van der Waals surface area contributed by atoms with Gasteiger partial charge in [-0.05, 0) is 49.3 Å². The summed E-state index contributed by atoms with van der Waals surface area (Å²) < 4.78 is 43.7. The standard InChI is InChI=1S/C16H18ClF3O/c17-10-15(7-8-21-14(15)12-3-4-12)9-11-1-5-13(6-2-11)16(18,19)20/h1-2,5-6,12,14H,3-4,7-10H2.